The molecule has 3 aromatic rings. The van der Waals surface area contributed by atoms with Crippen LogP contribution in [0.15, 0.2) is 54.6 Å². The molecule has 0 radical (unpaired) electrons. The summed E-state index contributed by atoms with van der Waals surface area (Å²) in [6.07, 6.45) is 3.55. The van der Waals surface area contributed by atoms with Crippen LogP contribution in [-0.4, -0.2) is 54.1 Å². The summed E-state index contributed by atoms with van der Waals surface area (Å²) >= 11 is 0. The van der Waals surface area contributed by atoms with Crippen molar-refractivity contribution in [1.29, 1.82) is 0 Å². The molecule has 1 N–H and O–H groups in total. The van der Waals surface area contributed by atoms with Crippen molar-refractivity contribution in [3.05, 3.63) is 65.9 Å². The first kappa shape index (κ1) is 18.7. The van der Waals surface area contributed by atoms with E-state index in [9.17, 15) is 0 Å². The van der Waals surface area contributed by atoms with Crippen LogP contribution < -0.4 is 4.74 Å². The van der Waals surface area contributed by atoms with Gasteiger partial charge in [0, 0.05) is 42.8 Å². The minimum atomic E-state index is 0.120. The first-order valence-electron chi connectivity index (χ1n) is 11.1. The summed E-state index contributed by atoms with van der Waals surface area (Å²) in [5.74, 6) is 0.963. The lowest BCUT2D eigenvalue weighted by molar-refractivity contribution is 0.0738. The van der Waals surface area contributed by atoms with Gasteiger partial charge in [0.25, 0.3) is 0 Å². The number of aromatic amines is 1. The van der Waals surface area contributed by atoms with E-state index >= 15 is 0 Å². The number of nitrogens with one attached hydrogen (secondary N) is 1. The molecule has 4 heteroatoms. The van der Waals surface area contributed by atoms with Gasteiger partial charge in [-0.1, -0.05) is 43.3 Å². The summed E-state index contributed by atoms with van der Waals surface area (Å²) in [5.41, 5.74) is 4.44. The molecular weight excluding hydrogens is 358 g/mol. The largest absolute Gasteiger partial charge is 0.492 e. The van der Waals surface area contributed by atoms with E-state index in [0.29, 0.717) is 0 Å². The number of para-hydroxylation sites is 2. The van der Waals surface area contributed by atoms with Crippen LogP contribution >= 0.6 is 0 Å². The fourth-order valence-electron chi connectivity index (χ4n) is 5.41. The third-order valence-electron chi connectivity index (χ3n) is 6.76. The van der Waals surface area contributed by atoms with Crippen molar-refractivity contribution in [3.8, 4) is 5.75 Å². The maximum atomic E-state index is 5.97. The number of rotatable bonds is 6. The zero-order valence-corrected chi connectivity index (χ0v) is 17.4. The third-order valence-corrected chi connectivity index (χ3v) is 6.76. The minimum absolute atomic E-state index is 0.120. The van der Waals surface area contributed by atoms with E-state index in [1.807, 2.05) is 30.3 Å². The van der Waals surface area contributed by atoms with Crippen molar-refractivity contribution in [2.45, 2.75) is 31.7 Å². The van der Waals surface area contributed by atoms with Gasteiger partial charge in [-0.15, -0.1) is 0 Å². The maximum absolute atomic E-state index is 5.97. The summed E-state index contributed by atoms with van der Waals surface area (Å²) < 4.78 is 5.97. The van der Waals surface area contributed by atoms with Gasteiger partial charge in [-0.2, -0.15) is 0 Å². The highest BCUT2D eigenvalue weighted by atomic mass is 16.5. The molecule has 1 unspecified atom stereocenters. The smallest absolute Gasteiger partial charge is 0.119 e. The highest BCUT2D eigenvalue weighted by Gasteiger charge is 2.48. The van der Waals surface area contributed by atoms with E-state index in [2.05, 4.69) is 46.0 Å². The average Bonchev–Trinajstić information content (AvgIpc) is 3.34. The highest BCUT2D eigenvalue weighted by molar-refractivity contribution is 5.85. The Balaban J connectivity index is 1.37. The molecule has 29 heavy (non-hydrogen) atoms. The second-order valence-electron chi connectivity index (χ2n) is 8.48. The second kappa shape index (κ2) is 7.85. The quantitative estimate of drug-likeness (QED) is 0.677. The van der Waals surface area contributed by atoms with E-state index < -0.39 is 0 Å². The fourth-order valence-corrected chi connectivity index (χ4v) is 5.41. The number of nitrogens with zero attached hydrogens (tertiary/aromatic N) is 2. The van der Waals surface area contributed by atoms with E-state index in [0.717, 1.165) is 45.0 Å². The molecule has 152 valence electrons. The average molecular weight is 390 g/mol. The fraction of sp³-hybridized carbons (Fsp3) is 0.440. The molecule has 2 aliphatic heterocycles. The number of hydrogen-bond donors (Lipinski definition) is 1. The zero-order chi connectivity index (χ0) is 19.7. The summed E-state index contributed by atoms with van der Waals surface area (Å²) in [6.45, 7) is 8.58. The van der Waals surface area contributed by atoms with Gasteiger partial charge in [0.2, 0.25) is 0 Å². The van der Waals surface area contributed by atoms with Gasteiger partial charge in [-0.3, -0.25) is 9.80 Å². The van der Waals surface area contributed by atoms with Gasteiger partial charge in [0.1, 0.15) is 12.4 Å². The molecule has 1 fully saturated rings. The normalized spacial score (nSPS) is 22.4. The molecule has 0 aliphatic carbocycles. The molecule has 2 aromatic carbocycles. The number of ether oxygens (including phenoxy) is 1. The van der Waals surface area contributed by atoms with Gasteiger partial charge in [-0.05, 0) is 49.6 Å². The molecule has 0 saturated carbocycles. The number of hydrogen-bond acceptors (Lipinski definition) is 3. The number of aromatic nitrogens is 1. The molecule has 2 aliphatic rings. The first-order chi connectivity index (χ1) is 14.3. The lowest BCUT2D eigenvalue weighted by Crippen LogP contribution is -2.52. The van der Waals surface area contributed by atoms with Crippen molar-refractivity contribution in [3.63, 3.8) is 0 Å². The predicted molar refractivity (Wildman–Crippen MR) is 119 cm³/mol. The van der Waals surface area contributed by atoms with E-state index in [1.165, 1.54) is 36.0 Å². The van der Waals surface area contributed by atoms with Crippen LogP contribution in [0.5, 0.6) is 5.75 Å². The highest BCUT2D eigenvalue weighted by Crippen LogP contribution is 2.44. The first-order valence-corrected chi connectivity index (χ1v) is 11.1. The predicted octanol–water partition coefficient (Wildman–Crippen LogP) is 4.42. The van der Waals surface area contributed by atoms with Gasteiger partial charge in [0.05, 0.1) is 5.54 Å². The lowest BCUT2D eigenvalue weighted by atomic mass is 9.83. The van der Waals surface area contributed by atoms with Crippen LogP contribution in [0, 0.1) is 0 Å². The lowest BCUT2D eigenvalue weighted by Gasteiger charge is -2.45. The molecule has 0 amide bonds. The molecule has 1 saturated heterocycles. The summed E-state index contributed by atoms with van der Waals surface area (Å²) in [5, 5.41) is 1.42. The van der Waals surface area contributed by atoms with Gasteiger partial charge in [0.15, 0.2) is 0 Å². The SMILES string of the molecule is CCCN1CCc2c([nH]c3ccccc23)C12CCN(CCOc1ccccc1)C2. The van der Waals surface area contributed by atoms with E-state index in [4.69, 9.17) is 4.74 Å². The number of fused-ring (bicyclic) bond motifs is 4. The number of benzene rings is 2. The van der Waals surface area contributed by atoms with Gasteiger partial charge >= 0.3 is 0 Å². The Morgan fingerprint density at radius 1 is 1.00 bits per heavy atom. The van der Waals surface area contributed by atoms with Gasteiger partial charge < -0.3 is 9.72 Å². The van der Waals surface area contributed by atoms with Crippen LogP contribution in [-0.2, 0) is 12.0 Å². The molecule has 5 rings (SSSR count). The molecule has 3 heterocycles. The van der Waals surface area contributed by atoms with Crippen molar-refractivity contribution in [1.82, 2.24) is 14.8 Å². The zero-order valence-electron chi connectivity index (χ0n) is 17.4. The molecule has 1 spiro atoms. The Kier molecular flexibility index (Phi) is 5.06. The van der Waals surface area contributed by atoms with E-state index in [-0.39, 0.29) is 5.54 Å². The molecule has 1 atom stereocenters. The van der Waals surface area contributed by atoms with Crippen molar-refractivity contribution in [2.24, 2.45) is 0 Å². The van der Waals surface area contributed by atoms with Gasteiger partial charge in [-0.25, -0.2) is 0 Å². The maximum Gasteiger partial charge on any atom is 0.119 e. The van der Waals surface area contributed by atoms with Crippen LogP contribution in [0.4, 0.5) is 0 Å². The van der Waals surface area contributed by atoms with Crippen molar-refractivity contribution < 1.29 is 4.74 Å². The monoisotopic (exact) mass is 389 g/mol. The molecule has 1 aromatic heterocycles. The van der Waals surface area contributed by atoms with Crippen LogP contribution in [0.25, 0.3) is 10.9 Å². The summed E-state index contributed by atoms with van der Waals surface area (Å²) in [6, 6.07) is 19.0. The topological polar surface area (TPSA) is 31.5 Å². The molecule has 0 bridgehead atoms. The standard InChI is InChI=1S/C25H31N3O/c1-2-14-28-15-12-22-21-10-6-7-11-23(21)26-24(22)25(28)13-16-27(19-25)17-18-29-20-8-4-3-5-9-20/h3-11,26H,2,12-19H2,1H3. The van der Waals surface area contributed by atoms with Crippen molar-refractivity contribution >= 4 is 10.9 Å². The van der Waals surface area contributed by atoms with E-state index in [1.54, 1.807) is 5.56 Å². The summed E-state index contributed by atoms with van der Waals surface area (Å²) in [4.78, 5) is 9.18. The van der Waals surface area contributed by atoms with Crippen molar-refractivity contribution in [2.75, 3.05) is 39.3 Å². The number of H-pyrrole nitrogens is 1. The number of likely N-dealkylation sites (tertiary alicyclic amines) is 1. The molecule has 4 nitrogen and oxygen atoms in total. The van der Waals surface area contributed by atoms with Crippen LogP contribution in [0.3, 0.4) is 0 Å². The Bertz CT molecular complexity index is 967. The van der Waals surface area contributed by atoms with Crippen LogP contribution in [0.2, 0.25) is 0 Å². The Morgan fingerprint density at radius 3 is 2.69 bits per heavy atom. The third kappa shape index (κ3) is 3.34. The molecular formula is C25H31N3O. The Labute approximate surface area is 173 Å². The Morgan fingerprint density at radius 2 is 1.83 bits per heavy atom. The Hall–Kier alpha value is -2.30. The second-order valence-corrected chi connectivity index (χ2v) is 8.48. The minimum Gasteiger partial charge on any atom is -0.492 e. The summed E-state index contributed by atoms with van der Waals surface area (Å²) in [7, 11) is 0. The van der Waals surface area contributed by atoms with Crippen LogP contribution in [0.1, 0.15) is 31.0 Å².